The Morgan fingerprint density at radius 1 is 1.00 bits per heavy atom. The second-order valence-corrected chi connectivity index (χ2v) is 9.28. The van der Waals surface area contributed by atoms with E-state index in [-0.39, 0.29) is 30.3 Å². The second-order valence-electron chi connectivity index (χ2n) is 7.34. The number of hydrogen-bond donors (Lipinski definition) is 3. The fourth-order valence-electron chi connectivity index (χ4n) is 3.07. The molecule has 0 saturated heterocycles. The molecule has 29 heavy (non-hydrogen) atoms. The minimum absolute atomic E-state index is 0.0284. The number of aliphatic hydroxyl groups is 1. The van der Waals surface area contributed by atoms with Crippen molar-refractivity contribution in [2.75, 3.05) is 13.1 Å². The number of nitrogens with zero attached hydrogens (tertiary/aromatic N) is 1. The minimum Gasteiger partial charge on any atom is -0.465 e. The van der Waals surface area contributed by atoms with Crippen LogP contribution in [0.1, 0.15) is 19.4 Å². The van der Waals surface area contributed by atoms with Crippen molar-refractivity contribution in [1.82, 2.24) is 9.62 Å². The van der Waals surface area contributed by atoms with Crippen LogP contribution in [-0.2, 0) is 16.4 Å². The van der Waals surface area contributed by atoms with Gasteiger partial charge in [-0.05, 0) is 30.0 Å². The molecule has 0 radical (unpaired) electrons. The van der Waals surface area contributed by atoms with Crippen molar-refractivity contribution in [2.24, 2.45) is 5.92 Å². The van der Waals surface area contributed by atoms with Gasteiger partial charge in [0.05, 0.1) is 17.0 Å². The van der Waals surface area contributed by atoms with Crippen LogP contribution < -0.4 is 5.32 Å². The van der Waals surface area contributed by atoms with E-state index in [0.717, 1.165) is 5.56 Å². The Balaban J connectivity index is 2.25. The van der Waals surface area contributed by atoms with E-state index < -0.39 is 28.3 Å². The predicted octanol–water partition coefficient (Wildman–Crippen LogP) is 2.57. The lowest BCUT2D eigenvalue weighted by molar-refractivity contribution is 0.0980. The quantitative estimate of drug-likeness (QED) is 0.548. The molecule has 0 bridgehead atoms. The summed E-state index contributed by atoms with van der Waals surface area (Å²) in [6.45, 7) is 3.76. The third-order valence-corrected chi connectivity index (χ3v) is 6.26. The zero-order valence-corrected chi connectivity index (χ0v) is 17.4. The summed E-state index contributed by atoms with van der Waals surface area (Å²) in [5, 5.41) is 22.3. The average molecular weight is 421 g/mol. The summed E-state index contributed by atoms with van der Waals surface area (Å²) >= 11 is 0. The molecule has 1 amide bonds. The molecule has 158 valence electrons. The second kappa shape index (κ2) is 10.4. The first kappa shape index (κ1) is 22.9. The predicted molar refractivity (Wildman–Crippen MR) is 111 cm³/mol. The largest absolute Gasteiger partial charge is 0.465 e. The summed E-state index contributed by atoms with van der Waals surface area (Å²) in [7, 11) is -3.83. The van der Waals surface area contributed by atoms with Crippen LogP contribution in [0.4, 0.5) is 4.79 Å². The molecular weight excluding hydrogens is 392 g/mol. The van der Waals surface area contributed by atoms with E-state index in [2.05, 4.69) is 5.32 Å². The van der Waals surface area contributed by atoms with Crippen LogP contribution in [0.15, 0.2) is 65.6 Å². The van der Waals surface area contributed by atoms with Crippen molar-refractivity contribution in [2.45, 2.75) is 37.3 Å². The number of benzene rings is 2. The van der Waals surface area contributed by atoms with Gasteiger partial charge in [-0.15, -0.1) is 0 Å². The number of hydrogen-bond acceptors (Lipinski definition) is 4. The van der Waals surface area contributed by atoms with Gasteiger partial charge < -0.3 is 15.5 Å². The lowest BCUT2D eigenvalue weighted by Gasteiger charge is -2.30. The summed E-state index contributed by atoms with van der Waals surface area (Å²) in [5.41, 5.74) is 0.839. The fourth-order valence-corrected chi connectivity index (χ4v) is 4.71. The van der Waals surface area contributed by atoms with E-state index in [9.17, 15) is 23.4 Å². The van der Waals surface area contributed by atoms with Crippen LogP contribution in [0, 0.1) is 5.92 Å². The van der Waals surface area contributed by atoms with Crippen LogP contribution in [0.2, 0.25) is 0 Å². The maximum atomic E-state index is 13.1. The van der Waals surface area contributed by atoms with E-state index >= 15 is 0 Å². The van der Waals surface area contributed by atoms with Crippen LogP contribution in [0.3, 0.4) is 0 Å². The third-order valence-electron chi connectivity index (χ3n) is 4.41. The zero-order valence-electron chi connectivity index (χ0n) is 16.6. The van der Waals surface area contributed by atoms with Gasteiger partial charge in [0.25, 0.3) is 0 Å². The monoisotopic (exact) mass is 420 g/mol. The molecule has 0 heterocycles. The normalized spacial score (nSPS) is 14.0. The molecule has 7 nitrogen and oxygen atoms in total. The van der Waals surface area contributed by atoms with Gasteiger partial charge in [-0.1, -0.05) is 62.4 Å². The SMILES string of the molecule is CC(C)CN(C[C@@H](O)[C@H](Cc1ccccc1)NC(=O)O)S(=O)(=O)c1ccccc1. The molecule has 0 aliphatic heterocycles. The first-order chi connectivity index (χ1) is 13.7. The number of rotatable bonds is 10. The van der Waals surface area contributed by atoms with Crippen molar-refractivity contribution < 1.29 is 23.4 Å². The fraction of sp³-hybridized carbons (Fsp3) is 0.381. The van der Waals surface area contributed by atoms with E-state index in [0.29, 0.717) is 0 Å². The highest BCUT2D eigenvalue weighted by Gasteiger charge is 2.31. The van der Waals surface area contributed by atoms with Crippen molar-refractivity contribution in [3.05, 3.63) is 66.2 Å². The highest BCUT2D eigenvalue weighted by atomic mass is 32.2. The molecule has 0 saturated carbocycles. The van der Waals surface area contributed by atoms with Gasteiger partial charge in [-0.3, -0.25) is 0 Å². The molecule has 3 N–H and O–H groups in total. The zero-order chi connectivity index (χ0) is 21.4. The number of nitrogens with one attached hydrogen (secondary N) is 1. The number of amides is 1. The standard InChI is InChI=1S/C21H28N2O5S/c1-16(2)14-23(29(27,28)18-11-7-4-8-12-18)15-20(24)19(22-21(25)26)13-17-9-5-3-6-10-17/h3-12,16,19-20,22,24H,13-15H2,1-2H3,(H,25,26)/t19-,20+/m0/s1. The van der Waals surface area contributed by atoms with Crippen LogP contribution in [0.25, 0.3) is 0 Å². The minimum atomic E-state index is -3.83. The van der Waals surface area contributed by atoms with Gasteiger partial charge in [0.2, 0.25) is 10.0 Å². The molecule has 2 aromatic carbocycles. The Bertz CT molecular complexity index is 872. The summed E-state index contributed by atoms with van der Waals surface area (Å²) < 4.78 is 27.4. The van der Waals surface area contributed by atoms with Crippen LogP contribution >= 0.6 is 0 Å². The molecule has 0 aromatic heterocycles. The summed E-state index contributed by atoms with van der Waals surface area (Å²) in [5.74, 6) is 0.0284. The van der Waals surface area contributed by atoms with Gasteiger partial charge >= 0.3 is 6.09 Å². The Hall–Kier alpha value is -2.42. The highest BCUT2D eigenvalue weighted by molar-refractivity contribution is 7.89. The summed E-state index contributed by atoms with van der Waals surface area (Å²) in [4.78, 5) is 11.4. The van der Waals surface area contributed by atoms with Crippen molar-refractivity contribution in [3.63, 3.8) is 0 Å². The Labute approximate surface area is 172 Å². The molecular formula is C21H28N2O5S. The van der Waals surface area contributed by atoms with Gasteiger partial charge in [0, 0.05) is 13.1 Å². The molecule has 0 spiro atoms. The van der Waals surface area contributed by atoms with Crippen molar-refractivity contribution in [1.29, 1.82) is 0 Å². The first-order valence-corrected chi connectivity index (χ1v) is 10.9. The Morgan fingerprint density at radius 3 is 2.07 bits per heavy atom. The van der Waals surface area contributed by atoms with E-state index in [4.69, 9.17) is 0 Å². The maximum absolute atomic E-state index is 13.1. The smallest absolute Gasteiger partial charge is 0.404 e. The van der Waals surface area contributed by atoms with E-state index in [1.54, 1.807) is 18.2 Å². The number of aliphatic hydroxyl groups excluding tert-OH is 1. The van der Waals surface area contributed by atoms with Crippen LogP contribution in [0.5, 0.6) is 0 Å². The highest BCUT2D eigenvalue weighted by Crippen LogP contribution is 2.18. The molecule has 8 heteroatoms. The van der Waals surface area contributed by atoms with Gasteiger partial charge in [0.15, 0.2) is 0 Å². The lowest BCUT2D eigenvalue weighted by Crippen LogP contribution is -2.50. The Morgan fingerprint density at radius 2 is 1.55 bits per heavy atom. The summed E-state index contributed by atoms with van der Waals surface area (Å²) in [6, 6.07) is 16.3. The summed E-state index contributed by atoms with van der Waals surface area (Å²) in [6.07, 6.45) is -2.25. The number of carbonyl (C=O) groups is 1. The molecule has 0 fully saturated rings. The van der Waals surface area contributed by atoms with Gasteiger partial charge in [-0.25, -0.2) is 13.2 Å². The van der Waals surface area contributed by atoms with Crippen molar-refractivity contribution in [3.8, 4) is 0 Å². The first-order valence-electron chi connectivity index (χ1n) is 9.46. The van der Waals surface area contributed by atoms with Crippen molar-refractivity contribution >= 4 is 16.1 Å². The maximum Gasteiger partial charge on any atom is 0.404 e. The third kappa shape index (κ3) is 6.85. The molecule has 2 aromatic rings. The molecule has 0 aliphatic carbocycles. The van der Waals surface area contributed by atoms with Gasteiger partial charge in [-0.2, -0.15) is 4.31 Å². The molecule has 2 rings (SSSR count). The average Bonchev–Trinajstić information content (AvgIpc) is 2.67. The molecule has 0 aliphatic rings. The molecule has 0 unspecified atom stereocenters. The lowest BCUT2D eigenvalue weighted by atomic mass is 10.0. The molecule has 2 atom stereocenters. The Kier molecular flexibility index (Phi) is 8.19. The number of sulfonamides is 1. The topological polar surface area (TPSA) is 107 Å². The van der Waals surface area contributed by atoms with E-state index in [1.807, 2.05) is 44.2 Å². The van der Waals surface area contributed by atoms with Crippen LogP contribution in [-0.4, -0.2) is 54.3 Å². The van der Waals surface area contributed by atoms with E-state index in [1.165, 1.54) is 16.4 Å². The number of carboxylic acid groups (broad SMARTS) is 1. The van der Waals surface area contributed by atoms with Gasteiger partial charge in [0.1, 0.15) is 0 Å².